The van der Waals surface area contributed by atoms with E-state index in [1.807, 2.05) is 30.3 Å². The van der Waals surface area contributed by atoms with Crippen molar-refractivity contribution in [3.8, 4) is 0 Å². The monoisotopic (exact) mass is 436 g/mol. The molecule has 8 heteroatoms. The van der Waals surface area contributed by atoms with Crippen molar-refractivity contribution < 1.29 is 13.2 Å². The normalized spacial score (nSPS) is 14.8. The fourth-order valence-electron chi connectivity index (χ4n) is 3.72. The van der Waals surface area contributed by atoms with Crippen molar-refractivity contribution >= 4 is 27.5 Å². The van der Waals surface area contributed by atoms with Crippen LogP contribution in [0.1, 0.15) is 36.9 Å². The minimum atomic E-state index is -3.37. The van der Waals surface area contributed by atoms with Gasteiger partial charge in [-0.15, -0.1) is 5.10 Å². The molecule has 0 bridgehead atoms. The maximum atomic E-state index is 12.8. The minimum Gasteiger partial charge on any atom is -0.322 e. The maximum absolute atomic E-state index is 12.8. The molecular weight excluding hydrogens is 412 g/mol. The van der Waals surface area contributed by atoms with Gasteiger partial charge >= 0.3 is 0 Å². The van der Waals surface area contributed by atoms with E-state index in [2.05, 4.69) is 15.6 Å². The van der Waals surface area contributed by atoms with Gasteiger partial charge in [-0.05, 0) is 42.7 Å². The van der Waals surface area contributed by atoms with Crippen LogP contribution in [0.2, 0.25) is 0 Å². The number of anilines is 1. The zero-order valence-corrected chi connectivity index (χ0v) is 17.8. The summed E-state index contributed by atoms with van der Waals surface area (Å²) in [5.74, 6) is -0.368. The zero-order chi connectivity index (χ0) is 21.7. The van der Waals surface area contributed by atoms with Crippen molar-refractivity contribution in [1.29, 1.82) is 0 Å². The van der Waals surface area contributed by atoms with E-state index >= 15 is 0 Å². The lowest BCUT2D eigenvalue weighted by Crippen LogP contribution is -2.18. The first-order valence-electron chi connectivity index (χ1n) is 10.3. The maximum Gasteiger partial charge on any atom is 0.248 e. The van der Waals surface area contributed by atoms with Crippen LogP contribution in [0, 0.1) is 0 Å². The van der Waals surface area contributed by atoms with Crippen LogP contribution in [0.15, 0.2) is 71.8 Å². The molecule has 1 aliphatic rings. The van der Waals surface area contributed by atoms with E-state index in [0.717, 1.165) is 18.4 Å². The molecule has 2 aromatic carbocycles. The number of hydrogen-bond acceptors (Lipinski definition) is 5. The van der Waals surface area contributed by atoms with Crippen molar-refractivity contribution in [2.24, 2.45) is 0 Å². The van der Waals surface area contributed by atoms with Crippen LogP contribution in [0.3, 0.4) is 0 Å². The molecule has 1 fully saturated rings. The number of amides is 1. The molecule has 160 valence electrons. The van der Waals surface area contributed by atoms with Crippen LogP contribution < -0.4 is 5.32 Å². The number of carbonyl (C=O) groups is 1. The van der Waals surface area contributed by atoms with Gasteiger partial charge in [0, 0.05) is 11.8 Å². The Labute approximate surface area is 181 Å². The van der Waals surface area contributed by atoms with Crippen LogP contribution in [0.4, 0.5) is 5.69 Å². The second kappa shape index (κ2) is 9.26. The number of benzene rings is 2. The lowest BCUT2D eigenvalue weighted by Gasteiger charge is -2.12. The molecule has 1 N–H and O–H groups in total. The van der Waals surface area contributed by atoms with E-state index in [1.165, 1.54) is 12.1 Å². The van der Waals surface area contributed by atoms with Gasteiger partial charge in [0.2, 0.25) is 5.91 Å². The standard InChI is InChI=1S/C23H24N4O3S/c28-23(14-13-20-17-27(26-25-20)16-18-7-2-1-3-8-18)24-19-9-6-12-22(15-19)31(29,30)21-10-4-5-11-21/h1-3,6-9,12-15,17,21H,4-5,10-11,16H2,(H,24,28)/b14-13+. The summed E-state index contributed by atoms with van der Waals surface area (Å²) in [5.41, 5.74) is 2.11. The Balaban J connectivity index is 1.38. The largest absolute Gasteiger partial charge is 0.322 e. The van der Waals surface area contributed by atoms with Crippen LogP contribution in [-0.4, -0.2) is 34.6 Å². The highest BCUT2D eigenvalue weighted by atomic mass is 32.2. The first-order valence-corrected chi connectivity index (χ1v) is 11.8. The fraction of sp³-hybridized carbons (Fsp3) is 0.261. The van der Waals surface area contributed by atoms with Crippen LogP contribution >= 0.6 is 0 Å². The van der Waals surface area contributed by atoms with Crippen molar-refractivity contribution in [3.05, 3.63) is 78.1 Å². The Morgan fingerprint density at radius 3 is 2.65 bits per heavy atom. The molecule has 0 saturated heterocycles. The van der Waals surface area contributed by atoms with Crippen molar-refractivity contribution in [1.82, 2.24) is 15.0 Å². The molecule has 31 heavy (non-hydrogen) atoms. The Kier molecular flexibility index (Phi) is 6.27. The second-order valence-corrected chi connectivity index (χ2v) is 9.86. The van der Waals surface area contributed by atoms with E-state index in [0.29, 0.717) is 30.8 Å². The van der Waals surface area contributed by atoms with Crippen LogP contribution in [0.25, 0.3) is 6.08 Å². The van der Waals surface area contributed by atoms with Crippen molar-refractivity contribution in [2.75, 3.05) is 5.32 Å². The zero-order valence-electron chi connectivity index (χ0n) is 17.0. The van der Waals surface area contributed by atoms with E-state index in [1.54, 1.807) is 35.2 Å². The number of sulfone groups is 1. The quantitative estimate of drug-likeness (QED) is 0.570. The summed E-state index contributed by atoms with van der Waals surface area (Å²) in [6.45, 7) is 0.593. The van der Waals surface area contributed by atoms with Gasteiger partial charge < -0.3 is 5.32 Å². The molecule has 0 spiro atoms. The molecule has 1 heterocycles. The van der Waals surface area contributed by atoms with Gasteiger partial charge in [0.1, 0.15) is 5.69 Å². The Morgan fingerprint density at radius 1 is 1.10 bits per heavy atom. The molecule has 0 atom stereocenters. The number of hydrogen-bond donors (Lipinski definition) is 1. The predicted molar refractivity (Wildman–Crippen MR) is 119 cm³/mol. The van der Waals surface area contributed by atoms with Crippen molar-refractivity contribution in [3.63, 3.8) is 0 Å². The van der Waals surface area contributed by atoms with E-state index in [4.69, 9.17) is 0 Å². The van der Waals surface area contributed by atoms with E-state index < -0.39 is 9.84 Å². The van der Waals surface area contributed by atoms with Gasteiger partial charge in [0.15, 0.2) is 9.84 Å². The molecule has 1 amide bonds. The molecule has 4 rings (SSSR count). The summed E-state index contributed by atoms with van der Waals surface area (Å²) in [4.78, 5) is 12.6. The summed E-state index contributed by atoms with van der Waals surface area (Å²) in [5, 5.41) is 10.5. The molecule has 1 saturated carbocycles. The Hall–Kier alpha value is -3.26. The highest BCUT2D eigenvalue weighted by molar-refractivity contribution is 7.92. The number of carbonyl (C=O) groups excluding carboxylic acids is 1. The summed E-state index contributed by atoms with van der Waals surface area (Å²) in [6, 6.07) is 16.3. The van der Waals surface area contributed by atoms with Crippen LogP contribution in [-0.2, 0) is 21.2 Å². The summed E-state index contributed by atoms with van der Waals surface area (Å²) < 4.78 is 27.2. The number of rotatable bonds is 7. The summed E-state index contributed by atoms with van der Waals surface area (Å²) >= 11 is 0. The van der Waals surface area contributed by atoms with Gasteiger partial charge in [-0.2, -0.15) is 0 Å². The number of nitrogens with one attached hydrogen (secondary N) is 1. The van der Waals surface area contributed by atoms with Gasteiger partial charge in [0.25, 0.3) is 0 Å². The topological polar surface area (TPSA) is 93.9 Å². The first kappa shape index (κ1) is 21.0. The molecule has 0 radical (unpaired) electrons. The van der Waals surface area contributed by atoms with Gasteiger partial charge in [-0.25, -0.2) is 13.1 Å². The van der Waals surface area contributed by atoms with E-state index in [-0.39, 0.29) is 16.1 Å². The third-order valence-corrected chi connectivity index (χ3v) is 7.58. The Bertz CT molecular complexity index is 1180. The van der Waals surface area contributed by atoms with Gasteiger partial charge in [-0.3, -0.25) is 4.79 Å². The molecule has 0 unspecified atom stereocenters. The summed E-state index contributed by atoms with van der Waals surface area (Å²) in [6.07, 6.45) is 7.98. The molecular formula is C23H24N4O3S. The highest BCUT2D eigenvalue weighted by Gasteiger charge is 2.30. The smallest absolute Gasteiger partial charge is 0.248 e. The van der Waals surface area contributed by atoms with Gasteiger partial charge in [-0.1, -0.05) is 54.5 Å². The molecule has 7 nitrogen and oxygen atoms in total. The van der Waals surface area contributed by atoms with Crippen molar-refractivity contribution in [2.45, 2.75) is 42.4 Å². The lowest BCUT2D eigenvalue weighted by atomic mass is 10.2. The lowest BCUT2D eigenvalue weighted by molar-refractivity contribution is -0.111. The molecule has 1 aromatic heterocycles. The molecule has 3 aromatic rings. The third kappa shape index (κ3) is 5.27. The van der Waals surface area contributed by atoms with Gasteiger partial charge in [0.05, 0.1) is 22.9 Å². The molecule has 1 aliphatic carbocycles. The fourth-order valence-corrected chi connectivity index (χ4v) is 5.62. The summed E-state index contributed by atoms with van der Waals surface area (Å²) in [7, 11) is -3.37. The average molecular weight is 437 g/mol. The SMILES string of the molecule is O=C(/C=C/c1cn(Cc2ccccc2)nn1)Nc1cccc(S(=O)(=O)C2CCCC2)c1. The van der Waals surface area contributed by atoms with E-state index in [9.17, 15) is 13.2 Å². The first-order chi connectivity index (χ1) is 15.0. The van der Waals surface area contributed by atoms with Crippen LogP contribution in [0.5, 0.6) is 0 Å². The Morgan fingerprint density at radius 2 is 1.87 bits per heavy atom. The second-order valence-electron chi connectivity index (χ2n) is 7.63. The minimum absolute atomic E-state index is 0.255. The molecule has 0 aliphatic heterocycles. The number of aromatic nitrogens is 3. The predicted octanol–water partition coefficient (Wildman–Crippen LogP) is 3.69. The highest BCUT2D eigenvalue weighted by Crippen LogP contribution is 2.30. The number of nitrogens with zero attached hydrogens (tertiary/aromatic N) is 3. The average Bonchev–Trinajstić information content (AvgIpc) is 3.46. The third-order valence-electron chi connectivity index (χ3n) is 5.32.